The molecule has 1 aliphatic carbocycles. The highest BCUT2D eigenvalue weighted by Gasteiger charge is 2.14. The van der Waals surface area contributed by atoms with Crippen molar-refractivity contribution in [2.45, 2.75) is 51.9 Å². The normalized spacial score (nSPS) is 13.3. The van der Waals surface area contributed by atoms with Crippen LogP contribution in [0.15, 0.2) is 18.2 Å². The number of amides is 1. The topological polar surface area (TPSA) is 51.2 Å². The minimum atomic E-state index is 0.0720. The van der Waals surface area contributed by atoms with Gasteiger partial charge >= 0.3 is 0 Å². The third kappa shape index (κ3) is 5.45. The average molecular weight is 393 g/mol. The molecule has 0 radical (unpaired) electrons. The minimum Gasteiger partial charge on any atom is -0.493 e. The quantitative estimate of drug-likeness (QED) is 0.673. The Morgan fingerprint density at radius 1 is 1.35 bits per heavy atom. The van der Waals surface area contributed by atoms with Crippen LogP contribution < -0.4 is 10.1 Å². The van der Waals surface area contributed by atoms with Crippen LogP contribution in [-0.2, 0) is 24.1 Å². The Balaban J connectivity index is 1.31. The molecule has 0 bridgehead atoms. The lowest BCUT2D eigenvalue weighted by Crippen LogP contribution is -2.25. The van der Waals surface area contributed by atoms with Crippen molar-refractivity contribution >= 4 is 28.8 Å². The highest BCUT2D eigenvalue weighted by molar-refractivity contribution is 7.11. The lowest BCUT2D eigenvalue weighted by molar-refractivity contribution is -0.121. The summed E-state index contributed by atoms with van der Waals surface area (Å²) in [6.45, 7) is 3.14. The summed E-state index contributed by atoms with van der Waals surface area (Å²) in [5.41, 5.74) is 2.30. The Morgan fingerprint density at radius 3 is 3.00 bits per heavy atom. The van der Waals surface area contributed by atoms with Crippen molar-refractivity contribution in [3.05, 3.63) is 44.4 Å². The molecule has 2 aromatic rings. The van der Waals surface area contributed by atoms with E-state index in [-0.39, 0.29) is 5.91 Å². The SMILES string of the molecule is Cc1cc(Cl)ccc1OCCCC(=O)NCCc1nc2c(s1)CCCC2. The van der Waals surface area contributed by atoms with Gasteiger partial charge in [-0.2, -0.15) is 0 Å². The second-order valence-electron chi connectivity index (χ2n) is 6.65. The molecule has 26 heavy (non-hydrogen) atoms. The molecule has 0 saturated heterocycles. The fourth-order valence-corrected chi connectivity index (χ4v) is 4.48. The molecule has 0 saturated carbocycles. The van der Waals surface area contributed by atoms with E-state index in [1.54, 1.807) is 0 Å². The van der Waals surface area contributed by atoms with Gasteiger partial charge in [0, 0.05) is 29.3 Å². The van der Waals surface area contributed by atoms with Gasteiger partial charge in [-0.1, -0.05) is 11.6 Å². The molecule has 0 aliphatic heterocycles. The van der Waals surface area contributed by atoms with Gasteiger partial charge in [0.2, 0.25) is 5.91 Å². The Kier molecular flexibility index (Phi) is 6.92. The lowest BCUT2D eigenvalue weighted by Gasteiger charge is -2.09. The molecule has 1 aromatic carbocycles. The largest absolute Gasteiger partial charge is 0.493 e. The summed E-state index contributed by atoms with van der Waals surface area (Å²) in [6, 6.07) is 5.55. The maximum absolute atomic E-state index is 11.9. The molecular formula is C20H25ClN2O2S. The van der Waals surface area contributed by atoms with E-state index in [1.807, 2.05) is 36.5 Å². The first-order chi connectivity index (χ1) is 12.6. The number of ether oxygens (including phenoxy) is 1. The first kappa shape index (κ1) is 19.2. The van der Waals surface area contributed by atoms with Gasteiger partial charge in [-0.05, 0) is 62.8 Å². The summed E-state index contributed by atoms with van der Waals surface area (Å²) in [5.74, 6) is 0.894. The number of halogens is 1. The number of hydrogen-bond acceptors (Lipinski definition) is 4. The first-order valence-corrected chi connectivity index (χ1v) is 10.4. The summed E-state index contributed by atoms with van der Waals surface area (Å²) in [6.07, 6.45) is 6.82. The third-order valence-corrected chi connectivity index (χ3v) is 5.95. The highest BCUT2D eigenvalue weighted by Crippen LogP contribution is 2.26. The number of carbonyl (C=O) groups is 1. The number of nitrogens with one attached hydrogen (secondary N) is 1. The van der Waals surface area contributed by atoms with Gasteiger partial charge in [0.15, 0.2) is 0 Å². The summed E-state index contributed by atoms with van der Waals surface area (Å²) in [7, 11) is 0. The van der Waals surface area contributed by atoms with Crippen molar-refractivity contribution < 1.29 is 9.53 Å². The monoisotopic (exact) mass is 392 g/mol. The van der Waals surface area contributed by atoms with Gasteiger partial charge in [-0.15, -0.1) is 11.3 Å². The van der Waals surface area contributed by atoms with Crippen LogP contribution in [0.3, 0.4) is 0 Å². The van der Waals surface area contributed by atoms with E-state index >= 15 is 0 Å². The minimum absolute atomic E-state index is 0.0720. The van der Waals surface area contributed by atoms with Crippen LogP contribution in [0.25, 0.3) is 0 Å². The average Bonchev–Trinajstić information content (AvgIpc) is 3.03. The van der Waals surface area contributed by atoms with E-state index < -0.39 is 0 Å². The van der Waals surface area contributed by atoms with E-state index in [1.165, 1.54) is 29.8 Å². The van der Waals surface area contributed by atoms with Crippen LogP contribution >= 0.6 is 22.9 Å². The number of rotatable bonds is 8. The molecule has 0 fully saturated rings. The van der Waals surface area contributed by atoms with E-state index in [4.69, 9.17) is 21.3 Å². The lowest BCUT2D eigenvalue weighted by atomic mass is 10.0. The Bertz CT molecular complexity index is 737. The number of fused-ring (bicyclic) bond motifs is 1. The van der Waals surface area contributed by atoms with Gasteiger partial charge in [0.05, 0.1) is 17.3 Å². The van der Waals surface area contributed by atoms with Gasteiger partial charge < -0.3 is 10.1 Å². The molecular weight excluding hydrogens is 368 g/mol. The maximum atomic E-state index is 11.9. The number of aryl methyl sites for hydroxylation is 3. The molecule has 1 aromatic heterocycles. The molecule has 6 heteroatoms. The molecule has 4 nitrogen and oxygen atoms in total. The molecule has 140 valence electrons. The first-order valence-electron chi connectivity index (χ1n) is 9.25. The van der Waals surface area contributed by atoms with Crippen molar-refractivity contribution in [3.63, 3.8) is 0 Å². The van der Waals surface area contributed by atoms with E-state index in [9.17, 15) is 4.79 Å². The maximum Gasteiger partial charge on any atom is 0.220 e. The summed E-state index contributed by atoms with van der Waals surface area (Å²) >= 11 is 7.75. The number of thiazole rings is 1. The van der Waals surface area contributed by atoms with Crippen LogP contribution in [0.1, 0.15) is 46.8 Å². The number of aromatic nitrogens is 1. The standard InChI is InChI=1S/C20H25ClN2O2S/c1-14-13-15(21)8-9-17(14)25-12-4-7-19(24)22-11-10-20-23-16-5-2-3-6-18(16)26-20/h8-9,13H,2-7,10-12H2,1H3,(H,22,24). The number of carbonyl (C=O) groups excluding carboxylic acids is 1. The Hall–Kier alpha value is -1.59. The van der Waals surface area contributed by atoms with Crippen LogP contribution in [-0.4, -0.2) is 24.0 Å². The smallest absolute Gasteiger partial charge is 0.220 e. The predicted octanol–water partition coefficient (Wildman–Crippen LogP) is 4.50. The third-order valence-electron chi connectivity index (χ3n) is 4.49. The number of hydrogen-bond donors (Lipinski definition) is 1. The predicted molar refractivity (Wildman–Crippen MR) is 106 cm³/mol. The second-order valence-corrected chi connectivity index (χ2v) is 8.25. The highest BCUT2D eigenvalue weighted by atomic mass is 35.5. The van der Waals surface area contributed by atoms with Gasteiger partial charge in [0.1, 0.15) is 5.75 Å². The van der Waals surface area contributed by atoms with Gasteiger partial charge in [0.25, 0.3) is 0 Å². The molecule has 0 spiro atoms. The molecule has 1 N–H and O–H groups in total. The number of nitrogens with zero attached hydrogens (tertiary/aromatic N) is 1. The zero-order valence-electron chi connectivity index (χ0n) is 15.1. The molecule has 1 heterocycles. The van der Waals surface area contributed by atoms with Crippen LogP contribution in [0.4, 0.5) is 0 Å². The fraction of sp³-hybridized carbons (Fsp3) is 0.500. The van der Waals surface area contributed by atoms with Crippen molar-refractivity contribution in [2.24, 2.45) is 0 Å². The van der Waals surface area contributed by atoms with Crippen molar-refractivity contribution in [3.8, 4) is 5.75 Å². The molecule has 3 rings (SSSR count). The van der Waals surface area contributed by atoms with Crippen LogP contribution in [0.5, 0.6) is 5.75 Å². The van der Waals surface area contributed by atoms with Crippen molar-refractivity contribution in [1.82, 2.24) is 10.3 Å². The van der Waals surface area contributed by atoms with E-state index in [2.05, 4.69) is 5.32 Å². The van der Waals surface area contributed by atoms with Crippen LogP contribution in [0.2, 0.25) is 5.02 Å². The van der Waals surface area contributed by atoms with Gasteiger partial charge in [-0.3, -0.25) is 4.79 Å². The number of benzene rings is 1. The summed E-state index contributed by atoms with van der Waals surface area (Å²) in [5, 5.41) is 4.84. The Labute approximate surface area is 163 Å². The van der Waals surface area contributed by atoms with Crippen molar-refractivity contribution in [1.29, 1.82) is 0 Å². The van der Waals surface area contributed by atoms with E-state index in [0.29, 0.717) is 31.0 Å². The molecule has 0 atom stereocenters. The fourth-order valence-electron chi connectivity index (χ4n) is 3.10. The zero-order chi connectivity index (χ0) is 18.4. The molecule has 1 amide bonds. The van der Waals surface area contributed by atoms with E-state index in [0.717, 1.165) is 29.2 Å². The van der Waals surface area contributed by atoms with Crippen molar-refractivity contribution in [2.75, 3.05) is 13.2 Å². The van der Waals surface area contributed by atoms with Gasteiger partial charge in [-0.25, -0.2) is 4.98 Å². The second kappa shape index (κ2) is 9.38. The zero-order valence-corrected chi connectivity index (χ0v) is 16.7. The summed E-state index contributed by atoms with van der Waals surface area (Å²) in [4.78, 5) is 18.1. The Morgan fingerprint density at radius 2 is 2.19 bits per heavy atom. The summed E-state index contributed by atoms with van der Waals surface area (Å²) < 4.78 is 5.72. The van der Waals surface area contributed by atoms with Crippen LogP contribution in [0, 0.1) is 6.92 Å². The molecule has 0 unspecified atom stereocenters. The molecule has 1 aliphatic rings.